The van der Waals surface area contributed by atoms with Gasteiger partial charge in [0.05, 0.1) is 25.3 Å². The van der Waals surface area contributed by atoms with Crippen molar-refractivity contribution in [1.82, 2.24) is 25.5 Å². The SMILES string of the molecule is O=C(NCc1ncc[nH]1)C1CCC(NC(=O)C2CCCN(Cc3ccco3)C2)CC1. The second-order valence-electron chi connectivity index (χ2n) is 8.46. The van der Waals surface area contributed by atoms with Crippen molar-refractivity contribution in [2.45, 2.75) is 57.7 Å². The fourth-order valence-corrected chi connectivity index (χ4v) is 4.56. The first-order valence-corrected chi connectivity index (χ1v) is 11.0. The number of likely N-dealkylation sites (tertiary alicyclic amines) is 1. The largest absolute Gasteiger partial charge is 0.468 e. The van der Waals surface area contributed by atoms with E-state index in [0.717, 1.165) is 69.7 Å². The molecule has 0 aromatic carbocycles. The average molecular weight is 414 g/mol. The third kappa shape index (κ3) is 5.50. The number of nitrogens with one attached hydrogen (secondary N) is 3. The number of hydrogen-bond acceptors (Lipinski definition) is 5. The number of furan rings is 1. The van der Waals surface area contributed by atoms with Gasteiger partial charge in [-0.15, -0.1) is 0 Å². The number of hydrogen-bond donors (Lipinski definition) is 3. The fourth-order valence-electron chi connectivity index (χ4n) is 4.56. The van der Waals surface area contributed by atoms with Gasteiger partial charge in [-0.3, -0.25) is 14.5 Å². The summed E-state index contributed by atoms with van der Waals surface area (Å²) in [6.45, 7) is 2.97. The molecule has 3 heterocycles. The summed E-state index contributed by atoms with van der Waals surface area (Å²) < 4.78 is 5.44. The Labute approximate surface area is 176 Å². The average Bonchev–Trinajstić information content (AvgIpc) is 3.47. The predicted molar refractivity (Wildman–Crippen MR) is 111 cm³/mol. The van der Waals surface area contributed by atoms with Crippen LogP contribution >= 0.6 is 0 Å². The molecule has 1 aliphatic heterocycles. The Morgan fingerprint density at radius 3 is 2.77 bits per heavy atom. The zero-order valence-electron chi connectivity index (χ0n) is 17.3. The molecule has 4 rings (SSSR count). The molecule has 2 aliphatic rings. The van der Waals surface area contributed by atoms with Crippen LogP contribution in [0.3, 0.4) is 0 Å². The number of H-pyrrole nitrogens is 1. The van der Waals surface area contributed by atoms with Crippen molar-refractivity contribution in [3.63, 3.8) is 0 Å². The van der Waals surface area contributed by atoms with Crippen molar-refractivity contribution >= 4 is 11.8 Å². The summed E-state index contributed by atoms with van der Waals surface area (Å²) in [5.74, 6) is 1.99. The summed E-state index contributed by atoms with van der Waals surface area (Å²) in [5, 5.41) is 6.20. The van der Waals surface area contributed by atoms with Crippen LogP contribution in [-0.4, -0.2) is 45.8 Å². The molecule has 8 heteroatoms. The lowest BCUT2D eigenvalue weighted by Crippen LogP contribution is -2.47. The first-order chi connectivity index (χ1) is 14.7. The summed E-state index contributed by atoms with van der Waals surface area (Å²) in [4.78, 5) is 34.6. The van der Waals surface area contributed by atoms with E-state index in [1.807, 2.05) is 12.1 Å². The minimum Gasteiger partial charge on any atom is -0.468 e. The molecule has 30 heavy (non-hydrogen) atoms. The van der Waals surface area contributed by atoms with Crippen molar-refractivity contribution in [2.24, 2.45) is 11.8 Å². The minimum atomic E-state index is 0.0200. The van der Waals surface area contributed by atoms with Crippen molar-refractivity contribution in [1.29, 1.82) is 0 Å². The maximum Gasteiger partial charge on any atom is 0.224 e. The van der Waals surface area contributed by atoms with Crippen molar-refractivity contribution in [3.05, 3.63) is 42.4 Å². The Morgan fingerprint density at radius 1 is 1.17 bits per heavy atom. The molecule has 8 nitrogen and oxygen atoms in total. The second-order valence-corrected chi connectivity index (χ2v) is 8.46. The Hall–Kier alpha value is -2.61. The highest BCUT2D eigenvalue weighted by Gasteiger charge is 2.30. The lowest BCUT2D eigenvalue weighted by Gasteiger charge is -2.33. The van der Waals surface area contributed by atoms with E-state index >= 15 is 0 Å². The van der Waals surface area contributed by atoms with Gasteiger partial charge in [0.25, 0.3) is 0 Å². The van der Waals surface area contributed by atoms with Crippen LogP contribution in [0.5, 0.6) is 0 Å². The summed E-state index contributed by atoms with van der Waals surface area (Å²) in [5.41, 5.74) is 0. The van der Waals surface area contributed by atoms with E-state index < -0.39 is 0 Å². The van der Waals surface area contributed by atoms with E-state index in [9.17, 15) is 9.59 Å². The van der Waals surface area contributed by atoms with Gasteiger partial charge in [0.1, 0.15) is 11.6 Å². The van der Waals surface area contributed by atoms with Crippen molar-refractivity contribution < 1.29 is 14.0 Å². The van der Waals surface area contributed by atoms with E-state index in [0.29, 0.717) is 6.54 Å². The molecule has 3 N–H and O–H groups in total. The van der Waals surface area contributed by atoms with Crippen molar-refractivity contribution in [2.75, 3.05) is 13.1 Å². The lowest BCUT2D eigenvalue weighted by molar-refractivity contribution is -0.128. The fraction of sp³-hybridized carbons (Fsp3) is 0.591. The standard InChI is InChI=1S/C22H31N5O3/c28-21(25-13-20-23-9-10-24-20)16-5-7-18(8-6-16)26-22(29)17-3-1-11-27(14-17)15-19-4-2-12-30-19/h2,4,9-10,12,16-18H,1,3,5-8,11,13-15H2,(H,23,24)(H,25,28)(H,26,29). The van der Waals surface area contributed by atoms with Crippen LogP contribution in [0.15, 0.2) is 35.2 Å². The minimum absolute atomic E-state index is 0.0200. The van der Waals surface area contributed by atoms with E-state index in [-0.39, 0.29) is 29.7 Å². The van der Waals surface area contributed by atoms with Gasteiger partial charge in [-0.1, -0.05) is 0 Å². The molecule has 1 saturated heterocycles. The van der Waals surface area contributed by atoms with Crippen LogP contribution in [0.4, 0.5) is 0 Å². The normalized spacial score (nSPS) is 25.0. The Balaban J connectivity index is 1.18. The Bertz CT molecular complexity index is 797. The number of piperidine rings is 1. The summed E-state index contributed by atoms with van der Waals surface area (Å²) in [6, 6.07) is 4.05. The summed E-state index contributed by atoms with van der Waals surface area (Å²) >= 11 is 0. The number of carbonyl (C=O) groups is 2. The van der Waals surface area contributed by atoms with Crippen LogP contribution < -0.4 is 10.6 Å². The van der Waals surface area contributed by atoms with E-state index in [1.54, 1.807) is 18.7 Å². The summed E-state index contributed by atoms with van der Waals surface area (Å²) in [7, 11) is 0. The van der Waals surface area contributed by atoms with Gasteiger partial charge in [-0.2, -0.15) is 0 Å². The van der Waals surface area contributed by atoms with Crippen LogP contribution in [0.2, 0.25) is 0 Å². The van der Waals surface area contributed by atoms with E-state index in [4.69, 9.17) is 4.42 Å². The molecule has 0 radical (unpaired) electrons. The molecule has 2 amide bonds. The smallest absolute Gasteiger partial charge is 0.224 e. The third-order valence-corrected chi connectivity index (χ3v) is 6.27. The number of aromatic nitrogens is 2. The monoisotopic (exact) mass is 413 g/mol. The molecule has 1 atom stereocenters. The van der Waals surface area contributed by atoms with E-state index in [2.05, 4.69) is 25.5 Å². The number of nitrogens with zero attached hydrogens (tertiary/aromatic N) is 2. The first kappa shape index (κ1) is 20.7. The maximum absolute atomic E-state index is 12.8. The van der Waals surface area contributed by atoms with Gasteiger partial charge >= 0.3 is 0 Å². The zero-order chi connectivity index (χ0) is 20.8. The van der Waals surface area contributed by atoms with Crippen molar-refractivity contribution in [3.8, 4) is 0 Å². The van der Waals surface area contributed by atoms with Crippen LogP contribution in [-0.2, 0) is 22.7 Å². The van der Waals surface area contributed by atoms with Crippen LogP contribution in [0.25, 0.3) is 0 Å². The molecule has 1 saturated carbocycles. The molecule has 0 spiro atoms. The van der Waals surface area contributed by atoms with Gasteiger partial charge in [-0.25, -0.2) is 4.98 Å². The highest BCUT2D eigenvalue weighted by atomic mass is 16.3. The third-order valence-electron chi connectivity index (χ3n) is 6.27. The maximum atomic E-state index is 12.8. The second kappa shape index (κ2) is 9.93. The lowest BCUT2D eigenvalue weighted by atomic mass is 9.85. The number of aromatic amines is 1. The first-order valence-electron chi connectivity index (χ1n) is 11.0. The van der Waals surface area contributed by atoms with Gasteiger partial charge < -0.3 is 20.0 Å². The number of rotatable bonds is 7. The molecule has 2 fully saturated rings. The topological polar surface area (TPSA) is 103 Å². The molecule has 1 unspecified atom stereocenters. The molecular weight excluding hydrogens is 382 g/mol. The Morgan fingerprint density at radius 2 is 2.03 bits per heavy atom. The molecular formula is C22H31N5O3. The molecule has 162 valence electrons. The molecule has 1 aliphatic carbocycles. The van der Waals surface area contributed by atoms with Gasteiger partial charge in [0.15, 0.2) is 0 Å². The quantitative estimate of drug-likeness (QED) is 0.646. The highest BCUT2D eigenvalue weighted by Crippen LogP contribution is 2.26. The van der Waals surface area contributed by atoms with E-state index in [1.165, 1.54) is 0 Å². The summed E-state index contributed by atoms with van der Waals surface area (Å²) in [6.07, 6.45) is 10.4. The van der Waals surface area contributed by atoms with Gasteiger partial charge in [0, 0.05) is 30.9 Å². The number of amides is 2. The van der Waals surface area contributed by atoms with Crippen LogP contribution in [0, 0.1) is 11.8 Å². The Kier molecular flexibility index (Phi) is 6.84. The zero-order valence-corrected chi connectivity index (χ0v) is 17.3. The molecule has 2 aromatic heterocycles. The highest BCUT2D eigenvalue weighted by molar-refractivity contribution is 5.80. The number of imidazole rings is 1. The van der Waals surface area contributed by atoms with Gasteiger partial charge in [0.2, 0.25) is 11.8 Å². The van der Waals surface area contributed by atoms with Crippen LogP contribution in [0.1, 0.15) is 50.1 Å². The molecule has 0 bridgehead atoms. The number of carbonyl (C=O) groups excluding carboxylic acids is 2. The predicted octanol–water partition coefficient (Wildman–Crippen LogP) is 2.21. The molecule has 2 aromatic rings. The van der Waals surface area contributed by atoms with Gasteiger partial charge in [-0.05, 0) is 57.2 Å².